The molecular weight excluding hydrogens is 301 g/mol. The molecule has 0 unspecified atom stereocenters. The SMILES string of the molecule is CCc1ccc(NC(=O)C(Cl)Cl)c(Br)c1. The molecule has 0 atom stereocenters. The number of alkyl halides is 2. The van der Waals surface area contributed by atoms with Crippen LogP contribution in [-0.4, -0.2) is 10.7 Å². The molecular formula is C10H10BrCl2NO. The van der Waals surface area contributed by atoms with Crippen LogP contribution in [-0.2, 0) is 11.2 Å². The van der Waals surface area contributed by atoms with Gasteiger partial charge in [-0.2, -0.15) is 0 Å². The molecule has 5 heteroatoms. The van der Waals surface area contributed by atoms with Crippen LogP contribution >= 0.6 is 39.1 Å². The fourth-order valence-corrected chi connectivity index (χ4v) is 1.70. The Labute approximate surface area is 107 Å². The number of halogens is 3. The Balaban J connectivity index is 2.83. The monoisotopic (exact) mass is 309 g/mol. The molecule has 0 saturated carbocycles. The van der Waals surface area contributed by atoms with Gasteiger partial charge in [-0.1, -0.05) is 36.2 Å². The van der Waals surface area contributed by atoms with Crippen molar-refractivity contribution < 1.29 is 4.79 Å². The first-order valence-corrected chi connectivity index (χ1v) is 6.08. The number of rotatable bonds is 3. The standard InChI is InChI=1S/C10H10BrCl2NO/c1-2-6-3-4-8(7(11)5-6)14-10(15)9(12)13/h3-5,9H,2H2,1H3,(H,14,15). The minimum Gasteiger partial charge on any atom is -0.323 e. The Morgan fingerprint density at radius 1 is 1.53 bits per heavy atom. The molecule has 15 heavy (non-hydrogen) atoms. The number of hydrogen-bond donors (Lipinski definition) is 1. The van der Waals surface area contributed by atoms with E-state index in [1.807, 2.05) is 18.2 Å². The molecule has 0 bridgehead atoms. The Morgan fingerprint density at radius 3 is 2.67 bits per heavy atom. The highest BCUT2D eigenvalue weighted by atomic mass is 79.9. The molecule has 0 aliphatic carbocycles. The van der Waals surface area contributed by atoms with Gasteiger partial charge in [0.2, 0.25) is 0 Å². The van der Waals surface area contributed by atoms with Crippen LogP contribution in [0.5, 0.6) is 0 Å². The van der Waals surface area contributed by atoms with Crippen molar-refractivity contribution in [3.8, 4) is 0 Å². The number of anilines is 1. The zero-order valence-corrected chi connectivity index (χ0v) is 11.2. The molecule has 2 nitrogen and oxygen atoms in total. The Kier molecular flexibility index (Phi) is 4.90. The molecule has 1 N–H and O–H groups in total. The van der Waals surface area contributed by atoms with Gasteiger partial charge >= 0.3 is 0 Å². The third kappa shape index (κ3) is 3.67. The molecule has 0 saturated heterocycles. The summed E-state index contributed by atoms with van der Waals surface area (Å²) in [5.74, 6) is -0.428. The van der Waals surface area contributed by atoms with Crippen LogP contribution in [0, 0.1) is 0 Å². The van der Waals surface area contributed by atoms with Gasteiger partial charge in [-0.05, 0) is 40.0 Å². The summed E-state index contributed by atoms with van der Waals surface area (Å²) in [4.78, 5) is 10.2. The summed E-state index contributed by atoms with van der Waals surface area (Å²) in [6, 6.07) is 5.71. The smallest absolute Gasteiger partial charge is 0.257 e. The zero-order valence-electron chi connectivity index (χ0n) is 8.06. The highest BCUT2D eigenvalue weighted by molar-refractivity contribution is 9.10. The number of carbonyl (C=O) groups excluding carboxylic acids is 1. The second-order valence-electron chi connectivity index (χ2n) is 2.96. The maximum atomic E-state index is 11.2. The van der Waals surface area contributed by atoms with Crippen molar-refractivity contribution in [2.24, 2.45) is 0 Å². The topological polar surface area (TPSA) is 29.1 Å². The summed E-state index contributed by atoms with van der Waals surface area (Å²) in [5, 5.41) is 2.61. The van der Waals surface area contributed by atoms with Crippen molar-refractivity contribution in [3.63, 3.8) is 0 Å². The lowest BCUT2D eigenvalue weighted by Crippen LogP contribution is -2.18. The van der Waals surface area contributed by atoms with Gasteiger partial charge < -0.3 is 5.32 Å². The highest BCUT2D eigenvalue weighted by Gasteiger charge is 2.12. The molecule has 0 aliphatic heterocycles. The Bertz CT molecular complexity index is 368. The van der Waals surface area contributed by atoms with Crippen LogP contribution in [0.25, 0.3) is 0 Å². The summed E-state index contributed by atoms with van der Waals surface area (Å²) in [6.45, 7) is 2.06. The molecule has 82 valence electrons. The quantitative estimate of drug-likeness (QED) is 0.846. The minimum absolute atomic E-state index is 0.428. The van der Waals surface area contributed by atoms with E-state index in [-0.39, 0.29) is 0 Å². The number of carbonyl (C=O) groups is 1. The number of hydrogen-bond acceptors (Lipinski definition) is 1. The Hall–Kier alpha value is -0.250. The lowest BCUT2D eigenvalue weighted by molar-refractivity contribution is -0.114. The number of aryl methyl sites for hydroxylation is 1. The van der Waals surface area contributed by atoms with E-state index in [1.165, 1.54) is 5.56 Å². The summed E-state index contributed by atoms with van der Waals surface area (Å²) < 4.78 is 0.823. The first-order chi connectivity index (χ1) is 7.04. The van der Waals surface area contributed by atoms with Crippen molar-refractivity contribution >= 4 is 50.7 Å². The average molecular weight is 311 g/mol. The van der Waals surface area contributed by atoms with Gasteiger partial charge in [-0.25, -0.2) is 0 Å². The molecule has 0 spiro atoms. The van der Waals surface area contributed by atoms with Crippen LogP contribution in [0.15, 0.2) is 22.7 Å². The molecule has 0 aromatic heterocycles. The van der Waals surface area contributed by atoms with Gasteiger partial charge in [-0.15, -0.1) is 0 Å². The maximum absolute atomic E-state index is 11.2. The molecule has 0 heterocycles. The second kappa shape index (κ2) is 5.73. The van der Waals surface area contributed by atoms with Gasteiger partial charge in [0.05, 0.1) is 5.69 Å². The molecule has 1 amide bonds. The Morgan fingerprint density at radius 2 is 2.20 bits per heavy atom. The lowest BCUT2D eigenvalue weighted by Gasteiger charge is -2.08. The van der Waals surface area contributed by atoms with E-state index in [2.05, 4.69) is 28.2 Å². The van der Waals surface area contributed by atoms with Gasteiger partial charge in [-0.3, -0.25) is 4.79 Å². The van der Waals surface area contributed by atoms with E-state index in [0.717, 1.165) is 10.9 Å². The fourth-order valence-electron chi connectivity index (χ4n) is 1.07. The summed E-state index contributed by atoms with van der Waals surface area (Å²) in [7, 11) is 0. The van der Waals surface area contributed by atoms with Crippen molar-refractivity contribution in [2.45, 2.75) is 18.2 Å². The van der Waals surface area contributed by atoms with Crippen LogP contribution < -0.4 is 5.32 Å². The van der Waals surface area contributed by atoms with Crippen LogP contribution in [0.2, 0.25) is 0 Å². The van der Waals surface area contributed by atoms with Gasteiger partial charge in [0.1, 0.15) is 0 Å². The second-order valence-corrected chi connectivity index (χ2v) is 4.91. The lowest BCUT2D eigenvalue weighted by atomic mass is 10.1. The molecule has 0 aliphatic rings. The van der Waals surface area contributed by atoms with Crippen LogP contribution in [0.1, 0.15) is 12.5 Å². The third-order valence-electron chi connectivity index (χ3n) is 1.90. The number of amides is 1. The maximum Gasteiger partial charge on any atom is 0.257 e. The van der Waals surface area contributed by atoms with E-state index < -0.39 is 10.7 Å². The van der Waals surface area contributed by atoms with Crippen molar-refractivity contribution in [3.05, 3.63) is 28.2 Å². The van der Waals surface area contributed by atoms with E-state index in [1.54, 1.807) is 0 Å². The van der Waals surface area contributed by atoms with Crippen molar-refractivity contribution in [1.29, 1.82) is 0 Å². The zero-order chi connectivity index (χ0) is 11.4. The largest absolute Gasteiger partial charge is 0.323 e. The van der Waals surface area contributed by atoms with Crippen molar-refractivity contribution in [1.82, 2.24) is 0 Å². The van der Waals surface area contributed by atoms with Crippen molar-refractivity contribution in [2.75, 3.05) is 5.32 Å². The van der Waals surface area contributed by atoms with Crippen LogP contribution in [0.3, 0.4) is 0 Å². The summed E-state index contributed by atoms with van der Waals surface area (Å²) >= 11 is 14.2. The normalized spacial score (nSPS) is 10.5. The van der Waals surface area contributed by atoms with Gasteiger partial charge in [0, 0.05) is 4.47 Å². The third-order valence-corrected chi connectivity index (χ3v) is 2.95. The molecule has 1 aromatic carbocycles. The van der Waals surface area contributed by atoms with E-state index >= 15 is 0 Å². The van der Waals surface area contributed by atoms with Gasteiger partial charge in [0.15, 0.2) is 4.84 Å². The molecule has 0 fully saturated rings. The number of nitrogens with one attached hydrogen (secondary N) is 1. The minimum atomic E-state index is -1.05. The summed E-state index contributed by atoms with van der Waals surface area (Å²) in [5.41, 5.74) is 1.86. The predicted molar refractivity (Wildman–Crippen MR) is 67.6 cm³/mol. The van der Waals surface area contributed by atoms with Gasteiger partial charge in [0.25, 0.3) is 5.91 Å². The summed E-state index contributed by atoms with van der Waals surface area (Å²) in [6.07, 6.45) is 0.945. The van der Waals surface area contributed by atoms with E-state index in [9.17, 15) is 4.79 Å². The van der Waals surface area contributed by atoms with E-state index in [0.29, 0.717) is 5.69 Å². The first-order valence-electron chi connectivity index (χ1n) is 4.42. The number of benzene rings is 1. The molecule has 0 radical (unpaired) electrons. The highest BCUT2D eigenvalue weighted by Crippen LogP contribution is 2.24. The molecule has 1 rings (SSSR count). The predicted octanol–water partition coefficient (Wildman–Crippen LogP) is 3.75. The van der Waals surface area contributed by atoms with E-state index in [4.69, 9.17) is 23.2 Å². The average Bonchev–Trinajstić information content (AvgIpc) is 2.20. The van der Waals surface area contributed by atoms with Crippen LogP contribution in [0.4, 0.5) is 5.69 Å². The molecule has 1 aromatic rings. The fraction of sp³-hybridized carbons (Fsp3) is 0.300. The first kappa shape index (κ1) is 12.8.